The van der Waals surface area contributed by atoms with Crippen molar-refractivity contribution in [1.82, 2.24) is 15.0 Å². The summed E-state index contributed by atoms with van der Waals surface area (Å²) in [6, 6.07) is 5.04. The first-order valence-corrected chi connectivity index (χ1v) is 6.12. The number of aromatic nitrogens is 3. The first-order chi connectivity index (χ1) is 8.63. The van der Waals surface area contributed by atoms with Crippen LogP contribution in [0.15, 0.2) is 24.4 Å². The van der Waals surface area contributed by atoms with Gasteiger partial charge in [-0.3, -0.25) is 0 Å². The number of nitrogen functional groups attached to an aromatic ring is 1. The lowest BCUT2D eigenvalue weighted by Gasteiger charge is -2.14. The molecular formula is C12H15ClN4O. The van der Waals surface area contributed by atoms with Crippen LogP contribution >= 0.6 is 11.6 Å². The lowest BCUT2D eigenvalue weighted by Crippen LogP contribution is -2.10. The minimum Gasteiger partial charge on any atom is -0.399 e. The molecule has 5 nitrogen and oxygen atoms in total. The molecule has 3 N–H and O–H groups in total. The van der Waals surface area contributed by atoms with E-state index in [0.717, 1.165) is 6.42 Å². The number of nitrogens with two attached hydrogens (primary N) is 1. The van der Waals surface area contributed by atoms with Crippen LogP contribution in [0.4, 0.5) is 5.69 Å². The standard InChI is InChI=1S/C12H15ClN4O/c1-2-5-17-11(7-15-16-17)12(18)9-4-3-8(14)6-10(9)13/h3-4,6-7,12,18H,2,5,14H2,1H3. The van der Waals surface area contributed by atoms with Gasteiger partial charge in [0.1, 0.15) is 6.10 Å². The number of hydrogen-bond acceptors (Lipinski definition) is 4. The first-order valence-electron chi connectivity index (χ1n) is 5.75. The maximum absolute atomic E-state index is 10.3. The summed E-state index contributed by atoms with van der Waals surface area (Å²) in [5, 5.41) is 18.5. The summed E-state index contributed by atoms with van der Waals surface area (Å²) >= 11 is 6.08. The maximum Gasteiger partial charge on any atom is 0.124 e. The van der Waals surface area contributed by atoms with Gasteiger partial charge < -0.3 is 10.8 Å². The predicted molar refractivity (Wildman–Crippen MR) is 70.2 cm³/mol. The van der Waals surface area contributed by atoms with Crippen LogP contribution < -0.4 is 5.73 Å². The molecule has 6 heteroatoms. The molecule has 1 aromatic heterocycles. The van der Waals surface area contributed by atoms with Gasteiger partial charge in [-0.25, -0.2) is 4.68 Å². The Balaban J connectivity index is 2.35. The molecular weight excluding hydrogens is 252 g/mol. The van der Waals surface area contributed by atoms with E-state index in [1.54, 1.807) is 29.1 Å². The fraction of sp³-hybridized carbons (Fsp3) is 0.333. The number of aliphatic hydroxyl groups is 1. The number of anilines is 1. The van der Waals surface area contributed by atoms with Gasteiger partial charge in [0, 0.05) is 22.8 Å². The van der Waals surface area contributed by atoms with Crippen molar-refractivity contribution < 1.29 is 5.11 Å². The van der Waals surface area contributed by atoms with Gasteiger partial charge >= 0.3 is 0 Å². The molecule has 0 aliphatic carbocycles. The van der Waals surface area contributed by atoms with Crippen LogP contribution in [0.2, 0.25) is 5.02 Å². The van der Waals surface area contributed by atoms with Gasteiger partial charge in [0.15, 0.2) is 0 Å². The number of aryl methyl sites for hydroxylation is 1. The number of benzene rings is 1. The lowest BCUT2D eigenvalue weighted by molar-refractivity contribution is 0.207. The number of hydrogen-bond donors (Lipinski definition) is 2. The van der Waals surface area contributed by atoms with Gasteiger partial charge in [-0.15, -0.1) is 5.10 Å². The molecule has 0 saturated carbocycles. The molecule has 2 aromatic rings. The van der Waals surface area contributed by atoms with E-state index in [-0.39, 0.29) is 0 Å². The normalized spacial score (nSPS) is 12.6. The van der Waals surface area contributed by atoms with E-state index < -0.39 is 6.10 Å². The summed E-state index contributed by atoms with van der Waals surface area (Å²) < 4.78 is 1.68. The zero-order chi connectivity index (χ0) is 13.1. The van der Waals surface area contributed by atoms with Crippen molar-refractivity contribution in [3.05, 3.63) is 40.7 Å². The largest absolute Gasteiger partial charge is 0.399 e. The van der Waals surface area contributed by atoms with E-state index in [4.69, 9.17) is 17.3 Å². The highest BCUT2D eigenvalue weighted by atomic mass is 35.5. The highest BCUT2D eigenvalue weighted by molar-refractivity contribution is 6.31. The lowest BCUT2D eigenvalue weighted by atomic mass is 10.1. The van der Waals surface area contributed by atoms with E-state index >= 15 is 0 Å². The summed E-state index contributed by atoms with van der Waals surface area (Å²) in [7, 11) is 0. The number of aliphatic hydroxyl groups excluding tert-OH is 1. The van der Waals surface area contributed by atoms with Gasteiger partial charge in [-0.1, -0.05) is 29.8 Å². The van der Waals surface area contributed by atoms with Gasteiger partial charge in [-0.2, -0.15) is 0 Å². The van der Waals surface area contributed by atoms with Crippen LogP contribution in [0.25, 0.3) is 0 Å². The van der Waals surface area contributed by atoms with Crippen molar-refractivity contribution in [3.8, 4) is 0 Å². The monoisotopic (exact) mass is 266 g/mol. The minimum absolute atomic E-state index is 0.437. The topological polar surface area (TPSA) is 77.0 Å². The van der Waals surface area contributed by atoms with Crippen molar-refractivity contribution in [1.29, 1.82) is 0 Å². The number of halogens is 1. The summed E-state index contributed by atoms with van der Waals surface area (Å²) in [4.78, 5) is 0. The second-order valence-electron chi connectivity index (χ2n) is 4.07. The third kappa shape index (κ3) is 2.47. The summed E-state index contributed by atoms with van der Waals surface area (Å²) in [5.41, 5.74) is 7.42. The van der Waals surface area contributed by atoms with Crippen molar-refractivity contribution in [2.75, 3.05) is 5.73 Å². The molecule has 0 aliphatic heterocycles. The Labute approximate surface area is 110 Å². The Morgan fingerprint density at radius 2 is 2.28 bits per heavy atom. The molecule has 0 bridgehead atoms. The van der Waals surface area contributed by atoms with Crippen molar-refractivity contribution >= 4 is 17.3 Å². The quantitative estimate of drug-likeness (QED) is 0.830. The van der Waals surface area contributed by atoms with Crippen LogP contribution in [0.3, 0.4) is 0 Å². The van der Waals surface area contributed by atoms with E-state index in [9.17, 15) is 5.11 Å². The average Bonchev–Trinajstić information content (AvgIpc) is 2.77. The highest BCUT2D eigenvalue weighted by Crippen LogP contribution is 2.29. The predicted octanol–water partition coefficient (Wildman–Crippen LogP) is 2.01. The van der Waals surface area contributed by atoms with Crippen LogP contribution in [-0.2, 0) is 6.54 Å². The summed E-state index contributed by atoms with van der Waals surface area (Å²) in [6.45, 7) is 2.74. The molecule has 0 fully saturated rings. The van der Waals surface area contributed by atoms with E-state index in [0.29, 0.717) is 28.5 Å². The van der Waals surface area contributed by atoms with Gasteiger partial charge in [0.2, 0.25) is 0 Å². The van der Waals surface area contributed by atoms with Gasteiger partial charge in [-0.05, 0) is 18.6 Å². The van der Waals surface area contributed by atoms with Crippen LogP contribution in [0.1, 0.15) is 30.7 Å². The number of nitrogens with zero attached hydrogens (tertiary/aromatic N) is 3. The second-order valence-corrected chi connectivity index (χ2v) is 4.47. The maximum atomic E-state index is 10.3. The van der Waals surface area contributed by atoms with E-state index in [1.165, 1.54) is 0 Å². The number of rotatable bonds is 4. The molecule has 0 radical (unpaired) electrons. The third-order valence-electron chi connectivity index (χ3n) is 2.68. The molecule has 0 saturated heterocycles. The minimum atomic E-state index is -0.848. The zero-order valence-electron chi connectivity index (χ0n) is 10.0. The fourth-order valence-electron chi connectivity index (χ4n) is 1.79. The Morgan fingerprint density at radius 1 is 1.50 bits per heavy atom. The smallest absolute Gasteiger partial charge is 0.124 e. The summed E-state index contributed by atoms with van der Waals surface area (Å²) in [5.74, 6) is 0. The molecule has 96 valence electrons. The molecule has 1 unspecified atom stereocenters. The van der Waals surface area contributed by atoms with Gasteiger partial charge in [0.05, 0.1) is 11.9 Å². The molecule has 0 spiro atoms. The second kappa shape index (κ2) is 5.37. The van der Waals surface area contributed by atoms with Crippen LogP contribution in [-0.4, -0.2) is 20.1 Å². The average molecular weight is 267 g/mol. The Kier molecular flexibility index (Phi) is 3.84. The SMILES string of the molecule is CCCn1nncc1C(O)c1ccc(N)cc1Cl. The molecule has 1 heterocycles. The molecule has 1 aromatic carbocycles. The molecule has 0 amide bonds. The molecule has 0 aliphatic rings. The van der Waals surface area contributed by atoms with E-state index in [1.807, 2.05) is 6.92 Å². The molecule has 1 atom stereocenters. The van der Waals surface area contributed by atoms with Crippen LogP contribution in [0.5, 0.6) is 0 Å². The Morgan fingerprint density at radius 3 is 2.94 bits per heavy atom. The van der Waals surface area contributed by atoms with Crippen molar-refractivity contribution in [3.63, 3.8) is 0 Å². The Hall–Kier alpha value is -1.59. The van der Waals surface area contributed by atoms with Crippen molar-refractivity contribution in [2.24, 2.45) is 0 Å². The van der Waals surface area contributed by atoms with E-state index in [2.05, 4.69) is 10.3 Å². The Bertz CT molecular complexity index is 541. The van der Waals surface area contributed by atoms with Crippen LogP contribution in [0, 0.1) is 0 Å². The van der Waals surface area contributed by atoms with Gasteiger partial charge in [0.25, 0.3) is 0 Å². The summed E-state index contributed by atoms with van der Waals surface area (Å²) in [6.07, 6.45) is 1.62. The third-order valence-corrected chi connectivity index (χ3v) is 3.01. The fourth-order valence-corrected chi connectivity index (χ4v) is 2.08. The highest BCUT2D eigenvalue weighted by Gasteiger charge is 2.18. The molecule has 18 heavy (non-hydrogen) atoms. The zero-order valence-corrected chi connectivity index (χ0v) is 10.8. The van der Waals surface area contributed by atoms with Crippen molar-refractivity contribution in [2.45, 2.75) is 26.0 Å². The first kappa shape index (κ1) is 12.9. The molecule has 2 rings (SSSR count).